The van der Waals surface area contributed by atoms with Gasteiger partial charge >= 0.3 is 0 Å². The summed E-state index contributed by atoms with van der Waals surface area (Å²) in [6.45, 7) is 5.86. The molecule has 1 aromatic rings. The van der Waals surface area contributed by atoms with Crippen LogP contribution in [0.3, 0.4) is 0 Å². The lowest BCUT2D eigenvalue weighted by atomic mass is 10.1. The molecule has 1 unspecified atom stereocenters. The molecular formula is C13H19N3O3S. The largest absolute Gasteiger partial charge is 0.365 e. The Morgan fingerprint density at radius 1 is 1.65 bits per heavy atom. The topological polar surface area (TPSA) is 71.5 Å². The predicted molar refractivity (Wildman–Crippen MR) is 75.6 cm³/mol. The highest BCUT2D eigenvalue weighted by atomic mass is 32.1. The molecule has 0 saturated carbocycles. The molecule has 1 aliphatic heterocycles. The Labute approximate surface area is 122 Å². The number of hydrogen-bond donors (Lipinski definition) is 1. The monoisotopic (exact) mass is 297 g/mol. The number of ether oxygens (including phenoxy) is 1. The fraction of sp³-hybridized carbons (Fsp3) is 0.615. The zero-order chi connectivity index (χ0) is 14.5. The van der Waals surface area contributed by atoms with Crippen molar-refractivity contribution in [2.45, 2.75) is 20.0 Å². The molecular weight excluding hydrogens is 278 g/mol. The van der Waals surface area contributed by atoms with E-state index in [1.54, 1.807) is 15.8 Å². The zero-order valence-corrected chi connectivity index (χ0v) is 12.5. The van der Waals surface area contributed by atoms with Crippen molar-refractivity contribution in [3.63, 3.8) is 0 Å². The van der Waals surface area contributed by atoms with Gasteiger partial charge in [-0.15, -0.1) is 11.3 Å². The zero-order valence-electron chi connectivity index (χ0n) is 11.7. The molecule has 1 atom stereocenters. The molecule has 2 amide bonds. The maximum absolute atomic E-state index is 11.8. The number of hydrogen-bond acceptors (Lipinski definition) is 5. The quantitative estimate of drug-likeness (QED) is 0.871. The molecule has 20 heavy (non-hydrogen) atoms. The SMILES string of the molecule is CC(C)CN1CC(CNC(=O)c2cscn2)OCC1=O. The highest BCUT2D eigenvalue weighted by Gasteiger charge is 2.27. The van der Waals surface area contributed by atoms with E-state index in [1.807, 2.05) is 0 Å². The summed E-state index contributed by atoms with van der Waals surface area (Å²) >= 11 is 1.38. The number of carbonyl (C=O) groups is 2. The summed E-state index contributed by atoms with van der Waals surface area (Å²) in [5, 5.41) is 4.49. The van der Waals surface area contributed by atoms with Crippen LogP contribution >= 0.6 is 11.3 Å². The first kappa shape index (κ1) is 14.9. The Hall–Kier alpha value is -1.47. The summed E-state index contributed by atoms with van der Waals surface area (Å²) < 4.78 is 5.45. The van der Waals surface area contributed by atoms with Crippen molar-refractivity contribution in [2.24, 2.45) is 5.92 Å². The molecule has 2 rings (SSSR count). The highest BCUT2D eigenvalue weighted by Crippen LogP contribution is 2.09. The molecule has 7 heteroatoms. The van der Waals surface area contributed by atoms with Crippen LogP contribution in [-0.4, -0.2) is 54.0 Å². The molecule has 1 aromatic heterocycles. The second-order valence-electron chi connectivity index (χ2n) is 5.21. The first-order chi connectivity index (χ1) is 9.56. The summed E-state index contributed by atoms with van der Waals surface area (Å²) in [6, 6.07) is 0. The van der Waals surface area contributed by atoms with E-state index in [0.717, 1.165) is 6.54 Å². The van der Waals surface area contributed by atoms with Crippen LogP contribution in [0.15, 0.2) is 10.9 Å². The van der Waals surface area contributed by atoms with Crippen molar-refractivity contribution in [2.75, 3.05) is 26.2 Å². The number of nitrogens with zero attached hydrogens (tertiary/aromatic N) is 2. The summed E-state index contributed by atoms with van der Waals surface area (Å²) in [5.74, 6) is 0.227. The van der Waals surface area contributed by atoms with Crippen molar-refractivity contribution in [3.8, 4) is 0 Å². The molecule has 0 spiro atoms. The van der Waals surface area contributed by atoms with Gasteiger partial charge in [-0.25, -0.2) is 4.98 Å². The van der Waals surface area contributed by atoms with E-state index in [4.69, 9.17) is 4.74 Å². The van der Waals surface area contributed by atoms with Crippen LogP contribution < -0.4 is 5.32 Å². The summed E-state index contributed by atoms with van der Waals surface area (Å²) in [4.78, 5) is 29.2. The first-order valence-corrected chi connectivity index (χ1v) is 7.56. The van der Waals surface area contributed by atoms with Gasteiger partial charge in [0.25, 0.3) is 5.91 Å². The lowest BCUT2D eigenvalue weighted by molar-refractivity contribution is -0.149. The number of thiazole rings is 1. The van der Waals surface area contributed by atoms with Crippen LogP contribution in [0.5, 0.6) is 0 Å². The fourth-order valence-electron chi connectivity index (χ4n) is 2.04. The van der Waals surface area contributed by atoms with Gasteiger partial charge in [-0.2, -0.15) is 0 Å². The number of rotatable bonds is 5. The van der Waals surface area contributed by atoms with Gasteiger partial charge in [0.1, 0.15) is 12.3 Å². The Balaban J connectivity index is 1.81. The molecule has 0 aliphatic carbocycles. The van der Waals surface area contributed by atoms with E-state index in [-0.39, 0.29) is 24.5 Å². The van der Waals surface area contributed by atoms with Gasteiger partial charge in [0.2, 0.25) is 5.91 Å². The van der Waals surface area contributed by atoms with Crippen LogP contribution in [0.4, 0.5) is 0 Å². The van der Waals surface area contributed by atoms with E-state index >= 15 is 0 Å². The second-order valence-corrected chi connectivity index (χ2v) is 5.93. The van der Waals surface area contributed by atoms with E-state index < -0.39 is 0 Å². The Kier molecular flexibility index (Phi) is 5.08. The lowest BCUT2D eigenvalue weighted by Gasteiger charge is -2.33. The van der Waals surface area contributed by atoms with Crippen LogP contribution in [0.2, 0.25) is 0 Å². The highest BCUT2D eigenvalue weighted by molar-refractivity contribution is 7.07. The third-order valence-electron chi connectivity index (χ3n) is 2.96. The smallest absolute Gasteiger partial charge is 0.270 e. The van der Waals surface area contributed by atoms with E-state index in [0.29, 0.717) is 24.7 Å². The second kappa shape index (κ2) is 6.81. The molecule has 1 N–H and O–H groups in total. The molecule has 110 valence electrons. The van der Waals surface area contributed by atoms with Gasteiger partial charge in [0.15, 0.2) is 0 Å². The number of morpholine rings is 1. The standard InChI is InChI=1S/C13H19N3O3S/c1-9(2)4-16-5-10(19-6-12(16)17)3-14-13(18)11-7-20-8-15-11/h7-10H,3-6H2,1-2H3,(H,14,18). The van der Waals surface area contributed by atoms with Gasteiger partial charge in [0.05, 0.1) is 11.6 Å². The number of aromatic nitrogens is 1. The average molecular weight is 297 g/mol. The predicted octanol–water partition coefficient (Wildman–Crippen LogP) is 0.756. The van der Waals surface area contributed by atoms with Crippen LogP contribution in [-0.2, 0) is 9.53 Å². The number of carbonyl (C=O) groups excluding carboxylic acids is 2. The van der Waals surface area contributed by atoms with Gasteiger partial charge in [0, 0.05) is 25.0 Å². The van der Waals surface area contributed by atoms with Gasteiger partial charge in [-0.05, 0) is 5.92 Å². The van der Waals surface area contributed by atoms with Crippen molar-refractivity contribution < 1.29 is 14.3 Å². The van der Waals surface area contributed by atoms with Crippen LogP contribution in [0.25, 0.3) is 0 Å². The van der Waals surface area contributed by atoms with E-state index in [2.05, 4.69) is 24.1 Å². The minimum absolute atomic E-state index is 0.0146. The molecule has 1 aliphatic rings. The molecule has 6 nitrogen and oxygen atoms in total. The number of nitrogens with one attached hydrogen (secondary N) is 1. The first-order valence-electron chi connectivity index (χ1n) is 6.62. The van der Waals surface area contributed by atoms with Crippen LogP contribution in [0, 0.1) is 5.92 Å². The molecule has 2 heterocycles. The van der Waals surface area contributed by atoms with Gasteiger partial charge in [-0.1, -0.05) is 13.8 Å². The van der Waals surface area contributed by atoms with Crippen molar-refractivity contribution in [3.05, 3.63) is 16.6 Å². The van der Waals surface area contributed by atoms with Crippen molar-refractivity contribution in [1.82, 2.24) is 15.2 Å². The summed E-state index contributed by atoms with van der Waals surface area (Å²) in [6.07, 6.45) is -0.158. The lowest BCUT2D eigenvalue weighted by Crippen LogP contribution is -2.51. The fourth-order valence-corrected chi connectivity index (χ4v) is 2.58. The van der Waals surface area contributed by atoms with E-state index in [1.165, 1.54) is 11.3 Å². The van der Waals surface area contributed by atoms with Crippen molar-refractivity contribution in [1.29, 1.82) is 0 Å². The number of amides is 2. The molecule has 1 fully saturated rings. The molecule has 0 aromatic carbocycles. The Bertz CT molecular complexity index is 461. The minimum atomic E-state index is -0.206. The molecule has 0 bridgehead atoms. The van der Waals surface area contributed by atoms with Crippen molar-refractivity contribution >= 4 is 23.2 Å². The molecule has 1 saturated heterocycles. The van der Waals surface area contributed by atoms with Crippen LogP contribution in [0.1, 0.15) is 24.3 Å². The summed E-state index contributed by atoms with van der Waals surface area (Å²) in [5.41, 5.74) is 2.04. The third-order valence-corrected chi connectivity index (χ3v) is 3.55. The Morgan fingerprint density at radius 2 is 2.45 bits per heavy atom. The van der Waals surface area contributed by atoms with E-state index in [9.17, 15) is 9.59 Å². The molecule has 0 radical (unpaired) electrons. The van der Waals surface area contributed by atoms with Gasteiger partial charge < -0.3 is 15.0 Å². The summed E-state index contributed by atoms with van der Waals surface area (Å²) in [7, 11) is 0. The maximum Gasteiger partial charge on any atom is 0.270 e. The minimum Gasteiger partial charge on any atom is -0.365 e. The average Bonchev–Trinajstić information content (AvgIpc) is 2.92. The normalized spacial score (nSPS) is 19.4. The maximum atomic E-state index is 11.8. The third kappa shape index (κ3) is 4.01. The Morgan fingerprint density at radius 3 is 3.10 bits per heavy atom. The van der Waals surface area contributed by atoms with Gasteiger partial charge in [-0.3, -0.25) is 9.59 Å².